The molecule has 1 fully saturated rings. The van der Waals surface area contributed by atoms with E-state index in [1.165, 1.54) is 0 Å². The van der Waals surface area contributed by atoms with Crippen LogP contribution in [0.3, 0.4) is 0 Å². The molecule has 2 unspecified atom stereocenters. The summed E-state index contributed by atoms with van der Waals surface area (Å²) < 4.78 is 13.2. The first-order valence-corrected chi connectivity index (χ1v) is 4.85. The molecule has 1 aliphatic rings. The molecule has 0 N–H and O–H groups in total. The van der Waals surface area contributed by atoms with Gasteiger partial charge in [0, 0.05) is 24.9 Å². The molecule has 0 radical (unpaired) electrons. The van der Waals surface area contributed by atoms with Crippen molar-refractivity contribution in [2.24, 2.45) is 11.8 Å². The van der Waals surface area contributed by atoms with Gasteiger partial charge in [-0.05, 0) is 0 Å². The molecule has 0 spiro atoms. The van der Waals surface area contributed by atoms with Gasteiger partial charge in [-0.25, -0.2) is 4.39 Å². The fourth-order valence-electron chi connectivity index (χ4n) is 1.80. The van der Waals surface area contributed by atoms with E-state index in [0.717, 1.165) is 12.2 Å². The van der Waals surface area contributed by atoms with E-state index < -0.39 is 6.17 Å². The maximum Gasteiger partial charge on any atom is 0.122 e. The van der Waals surface area contributed by atoms with Crippen molar-refractivity contribution in [3.05, 3.63) is 18.0 Å². The Bertz CT molecular complexity index is 218. The summed E-state index contributed by atoms with van der Waals surface area (Å²) in [7, 11) is 0. The molecule has 13 heavy (non-hydrogen) atoms. The molecule has 0 aromatic rings. The molecule has 0 bridgehead atoms. The van der Waals surface area contributed by atoms with Crippen molar-refractivity contribution in [1.29, 1.82) is 0 Å². The molecule has 1 aliphatic heterocycles. The molecule has 2 heteroatoms. The van der Waals surface area contributed by atoms with Crippen LogP contribution in [0, 0.1) is 11.8 Å². The summed E-state index contributed by atoms with van der Waals surface area (Å²) in [5.74, 6) is 0.525. The van der Waals surface area contributed by atoms with Crippen LogP contribution in [-0.4, -0.2) is 24.2 Å². The summed E-state index contributed by atoms with van der Waals surface area (Å²) in [6, 6.07) is 0. The van der Waals surface area contributed by atoms with Crippen LogP contribution < -0.4 is 0 Å². The summed E-state index contributed by atoms with van der Waals surface area (Å²) in [5, 5.41) is 0. The maximum atomic E-state index is 13.2. The van der Waals surface area contributed by atoms with Crippen molar-refractivity contribution in [3.8, 4) is 0 Å². The van der Waals surface area contributed by atoms with Gasteiger partial charge in [-0.2, -0.15) is 0 Å². The molecule has 1 saturated heterocycles. The summed E-state index contributed by atoms with van der Waals surface area (Å²) in [6.45, 7) is 11.1. The first-order valence-electron chi connectivity index (χ1n) is 4.85. The molecule has 1 rings (SSSR count). The monoisotopic (exact) mass is 183 g/mol. The number of allylic oxidation sites excluding steroid dienone is 1. The Morgan fingerprint density at radius 1 is 1.54 bits per heavy atom. The zero-order valence-corrected chi connectivity index (χ0v) is 8.68. The molecule has 1 nitrogen and oxygen atoms in total. The van der Waals surface area contributed by atoms with Crippen LogP contribution >= 0.6 is 0 Å². The fraction of sp³-hybridized carbons (Fsp3) is 0.727. The highest BCUT2D eigenvalue weighted by atomic mass is 19.1. The van der Waals surface area contributed by atoms with E-state index in [4.69, 9.17) is 0 Å². The highest BCUT2D eigenvalue weighted by Gasteiger charge is 2.30. The van der Waals surface area contributed by atoms with E-state index in [9.17, 15) is 4.39 Å². The van der Waals surface area contributed by atoms with Gasteiger partial charge < -0.3 is 4.90 Å². The zero-order chi connectivity index (χ0) is 10.0. The van der Waals surface area contributed by atoms with Gasteiger partial charge in [0.2, 0.25) is 0 Å². The third-order valence-electron chi connectivity index (χ3n) is 2.59. The minimum atomic E-state index is -0.693. The van der Waals surface area contributed by atoms with Crippen LogP contribution in [0.15, 0.2) is 18.0 Å². The first-order chi connectivity index (χ1) is 6.06. The maximum absolute atomic E-state index is 13.2. The quantitative estimate of drug-likeness (QED) is 0.595. The second kappa shape index (κ2) is 3.97. The van der Waals surface area contributed by atoms with Crippen molar-refractivity contribution >= 4 is 0 Å². The van der Waals surface area contributed by atoms with Gasteiger partial charge >= 0.3 is 0 Å². The van der Waals surface area contributed by atoms with E-state index in [1.54, 1.807) is 0 Å². The van der Waals surface area contributed by atoms with Gasteiger partial charge in [0.25, 0.3) is 0 Å². The normalized spacial score (nSPS) is 27.9. The number of nitrogens with zero attached hydrogens (tertiary/aromatic N) is 1. The van der Waals surface area contributed by atoms with Crippen LogP contribution in [0.5, 0.6) is 0 Å². The Morgan fingerprint density at radius 3 is 2.46 bits per heavy atom. The van der Waals surface area contributed by atoms with Crippen molar-refractivity contribution in [1.82, 2.24) is 4.90 Å². The molecule has 74 valence electrons. The third-order valence-corrected chi connectivity index (χ3v) is 2.59. The lowest BCUT2D eigenvalue weighted by Crippen LogP contribution is -2.23. The number of alkyl halides is 1. The Balaban J connectivity index is 2.69. The van der Waals surface area contributed by atoms with Gasteiger partial charge in [-0.3, -0.25) is 0 Å². The van der Waals surface area contributed by atoms with Crippen LogP contribution in [-0.2, 0) is 0 Å². The molecule has 0 aromatic carbocycles. The number of halogens is 1. The molecule has 1 heterocycles. The summed E-state index contributed by atoms with van der Waals surface area (Å²) in [4.78, 5) is 2.06. The molecule has 0 aliphatic carbocycles. The van der Waals surface area contributed by atoms with E-state index >= 15 is 0 Å². The van der Waals surface area contributed by atoms with Crippen molar-refractivity contribution in [2.75, 3.05) is 13.1 Å². The second-order valence-corrected chi connectivity index (χ2v) is 4.11. The van der Waals surface area contributed by atoms with E-state index in [1.807, 2.05) is 6.92 Å². The first kappa shape index (κ1) is 10.3. The molecular formula is C11H18FN. The van der Waals surface area contributed by atoms with Gasteiger partial charge in [0.05, 0.1) is 5.70 Å². The summed E-state index contributed by atoms with van der Waals surface area (Å²) >= 11 is 0. The molecule has 0 saturated carbocycles. The number of rotatable bonds is 2. The van der Waals surface area contributed by atoms with E-state index in [0.29, 0.717) is 12.5 Å². The number of likely N-dealkylation sites (tertiary alicyclic amines) is 1. The lowest BCUT2D eigenvalue weighted by Gasteiger charge is -2.22. The van der Waals surface area contributed by atoms with Gasteiger partial charge in [0.15, 0.2) is 0 Å². The Morgan fingerprint density at radius 2 is 2.15 bits per heavy atom. The molecule has 0 aromatic heterocycles. The van der Waals surface area contributed by atoms with Gasteiger partial charge in [-0.1, -0.05) is 27.4 Å². The zero-order valence-electron chi connectivity index (χ0n) is 8.68. The minimum absolute atomic E-state index is 0.141. The average Bonchev–Trinajstić information content (AvgIpc) is 2.32. The van der Waals surface area contributed by atoms with Crippen LogP contribution in [0.1, 0.15) is 20.8 Å². The Hall–Kier alpha value is -0.750. The standard InChI is InChI=1S/C11H18FN/c1-5-11(8(2)3)13-6-9(4)10(12)7-13/h8-10H,1,6-7H2,2-4H3. The van der Waals surface area contributed by atoms with Crippen molar-refractivity contribution in [3.63, 3.8) is 0 Å². The van der Waals surface area contributed by atoms with Crippen molar-refractivity contribution < 1.29 is 4.39 Å². The second-order valence-electron chi connectivity index (χ2n) is 4.11. The van der Waals surface area contributed by atoms with Crippen LogP contribution in [0.25, 0.3) is 0 Å². The smallest absolute Gasteiger partial charge is 0.122 e. The largest absolute Gasteiger partial charge is 0.365 e. The van der Waals surface area contributed by atoms with Gasteiger partial charge in [0.1, 0.15) is 6.17 Å². The highest BCUT2D eigenvalue weighted by molar-refractivity contribution is 5.05. The van der Waals surface area contributed by atoms with E-state index in [2.05, 4.69) is 31.1 Å². The highest BCUT2D eigenvalue weighted by Crippen LogP contribution is 2.25. The van der Waals surface area contributed by atoms with Gasteiger partial charge in [-0.15, -0.1) is 5.73 Å². The SMILES string of the molecule is C=C=C(C(C)C)N1CC(C)C(F)C1. The Labute approximate surface area is 79.9 Å². The van der Waals surface area contributed by atoms with Crippen molar-refractivity contribution in [2.45, 2.75) is 26.9 Å². The van der Waals surface area contributed by atoms with E-state index in [-0.39, 0.29) is 5.92 Å². The fourth-order valence-corrected chi connectivity index (χ4v) is 1.80. The molecule has 0 amide bonds. The molecular weight excluding hydrogens is 165 g/mol. The lowest BCUT2D eigenvalue weighted by atomic mass is 10.1. The summed E-state index contributed by atoms with van der Waals surface area (Å²) in [6.07, 6.45) is -0.693. The van der Waals surface area contributed by atoms with Crippen LogP contribution in [0.4, 0.5) is 4.39 Å². The summed E-state index contributed by atoms with van der Waals surface area (Å²) in [5.41, 5.74) is 3.96. The average molecular weight is 183 g/mol. The minimum Gasteiger partial charge on any atom is -0.365 e. The third kappa shape index (κ3) is 2.13. The predicted octanol–water partition coefficient (Wildman–Crippen LogP) is 2.60. The number of hydrogen-bond donors (Lipinski definition) is 0. The lowest BCUT2D eigenvalue weighted by molar-refractivity contribution is 0.287. The predicted molar refractivity (Wildman–Crippen MR) is 53.1 cm³/mol. The molecule has 2 atom stereocenters. The van der Waals surface area contributed by atoms with Crippen LogP contribution in [0.2, 0.25) is 0 Å². The number of hydrogen-bond acceptors (Lipinski definition) is 1. The Kier molecular flexibility index (Phi) is 3.16. The topological polar surface area (TPSA) is 3.24 Å².